The molecule has 5 rings (SSSR count). The van der Waals surface area contributed by atoms with E-state index in [9.17, 15) is 8.42 Å². The van der Waals surface area contributed by atoms with Crippen LogP contribution in [-0.2, 0) is 16.4 Å². The van der Waals surface area contributed by atoms with Crippen LogP contribution in [0.4, 0.5) is 11.4 Å². The Bertz CT molecular complexity index is 1190. The highest BCUT2D eigenvalue weighted by atomic mass is 32.2. The zero-order valence-electron chi connectivity index (χ0n) is 18.0. The third kappa shape index (κ3) is 3.58. The number of hydrogen-bond donors (Lipinski definition) is 0. The molecule has 0 atom stereocenters. The fourth-order valence-electron chi connectivity index (χ4n) is 4.93. The molecule has 0 radical (unpaired) electrons. The first-order valence-electron chi connectivity index (χ1n) is 11.2. The normalized spacial score (nSPS) is 18.5. The minimum Gasteiger partial charge on any atom is -0.370 e. The number of sulfonamides is 1. The standard InChI is InChI=1S/C25H29N3O2S/c1-2-26-15-7-16-27(19-18-26)22-12-13-23-25-21(22)10-6-11-24(25)31(29,30)28(23)17-14-20-8-4-3-5-9-20/h3-6,8-13H,2,7,14-19H2,1H3. The van der Waals surface area contributed by atoms with Crippen LogP contribution in [0, 0.1) is 0 Å². The predicted octanol–water partition coefficient (Wildman–Crippen LogP) is 4.12. The van der Waals surface area contributed by atoms with E-state index < -0.39 is 10.0 Å². The van der Waals surface area contributed by atoms with Gasteiger partial charge < -0.3 is 9.80 Å². The third-order valence-corrected chi connectivity index (χ3v) is 8.47. The quantitative estimate of drug-likeness (QED) is 0.605. The highest BCUT2D eigenvalue weighted by Gasteiger charge is 2.36. The number of nitrogens with zero attached hydrogens (tertiary/aromatic N) is 3. The molecule has 2 aliphatic rings. The highest BCUT2D eigenvalue weighted by Crippen LogP contribution is 2.45. The molecule has 0 unspecified atom stereocenters. The van der Waals surface area contributed by atoms with E-state index in [2.05, 4.69) is 28.9 Å². The lowest BCUT2D eigenvalue weighted by Gasteiger charge is -2.25. The Labute approximate surface area is 184 Å². The van der Waals surface area contributed by atoms with E-state index in [0.717, 1.165) is 66.9 Å². The van der Waals surface area contributed by atoms with Gasteiger partial charge in [-0.3, -0.25) is 4.31 Å². The van der Waals surface area contributed by atoms with Crippen molar-refractivity contribution in [3.8, 4) is 0 Å². The summed E-state index contributed by atoms with van der Waals surface area (Å²) in [4.78, 5) is 5.35. The first-order chi connectivity index (χ1) is 15.1. The molecule has 1 saturated heterocycles. The molecule has 5 nitrogen and oxygen atoms in total. The van der Waals surface area contributed by atoms with Crippen molar-refractivity contribution in [2.45, 2.75) is 24.7 Å². The molecule has 2 aliphatic heterocycles. The second-order valence-corrected chi connectivity index (χ2v) is 10.2. The molecule has 31 heavy (non-hydrogen) atoms. The predicted molar refractivity (Wildman–Crippen MR) is 128 cm³/mol. The third-order valence-electron chi connectivity index (χ3n) is 6.62. The van der Waals surface area contributed by atoms with Crippen LogP contribution in [0.2, 0.25) is 0 Å². The van der Waals surface area contributed by atoms with E-state index in [0.29, 0.717) is 17.9 Å². The van der Waals surface area contributed by atoms with Gasteiger partial charge in [-0.25, -0.2) is 8.42 Å². The Morgan fingerprint density at radius 1 is 0.839 bits per heavy atom. The van der Waals surface area contributed by atoms with Crippen molar-refractivity contribution >= 4 is 32.2 Å². The summed E-state index contributed by atoms with van der Waals surface area (Å²) in [5, 5.41) is 1.93. The SMILES string of the molecule is CCN1CCCN(c2ccc3c4c(cccc24)S(=O)(=O)N3CCc2ccccc2)CC1. The molecule has 3 aromatic rings. The van der Waals surface area contributed by atoms with Gasteiger partial charge in [-0.05, 0) is 49.7 Å². The first-order valence-corrected chi connectivity index (χ1v) is 12.6. The van der Waals surface area contributed by atoms with Crippen molar-refractivity contribution in [3.05, 3.63) is 66.2 Å². The van der Waals surface area contributed by atoms with Crippen molar-refractivity contribution in [3.63, 3.8) is 0 Å². The summed E-state index contributed by atoms with van der Waals surface area (Å²) in [5.41, 5.74) is 3.11. The Kier molecular flexibility index (Phi) is 5.36. The van der Waals surface area contributed by atoms with Gasteiger partial charge in [0.2, 0.25) is 0 Å². The molecule has 1 fully saturated rings. The van der Waals surface area contributed by atoms with Gasteiger partial charge in [-0.2, -0.15) is 0 Å². The summed E-state index contributed by atoms with van der Waals surface area (Å²) < 4.78 is 28.4. The molecule has 3 aromatic carbocycles. The van der Waals surface area contributed by atoms with Gasteiger partial charge in [-0.1, -0.05) is 49.4 Å². The second-order valence-electron chi connectivity index (χ2n) is 8.37. The Hall–Kier alpha value is -2.57. The summed E-state index contributed by atoms with van der Waals surface area (Å²) >= 11 is 0. The molecule has 0 spiro atoms. The summed E-state index contributed by atoms with van der Waals surface area (Å²) in [6, 6.07) is 19.9. The van der Waals surface area contributed by atoms with Gasteiger partial charge in [0.15, 0.2) is 0 Å². The van der Waals surface area contributed by atoms with Gasteiger partial charge in [0.05, 0.1) is 10.6 Å². The van der Waals surface area contributed by atoms with E-state index in [-0.39, 0.29) is 0 Å². The van der Waals surface area contributed by atoms with Crippen LogP contribution in [0.1, 0.15) is 18.9 Å². The van der Waals surface area contributed by atoms with Crippen molar-refractivity contribution in [2.75, 3.05) is 48.5 Å². The monoisotopic (exact) mass is 435 g/mol. The van der Waals surface area contributed by atoms with Crippen LogP contribution in [0.5, 0.6) is 0 Å². The molecule has 0 aliphatic carbocycles. The number of anilines is 2. The minimum absolute atomic E-state index is 0.444. The fourth-order valence-corrected chi connectivity index (χ4v) is 6.63. The largest absolute Gasteiger partial charge is 0.370 e. The van der Waals surface area contributed by atoms with E-state index in [1.54, 1.807) is 10.4 Å². The van der Waals surface area contributed by atoms with E-state index in [1.165, 1.54) is 0 Å². The topological polar surface area (TPSA) is 43.9 Å². The van der Waals surface area contributed by atoms with Crippen LogP contribution in [-0.4, -0.2) is 52.6 Å². The second kappa shape index (κ2) is 8.17. The molecule has 0 aromatic heterocycles. The highest BCUT2D eigenvalue weighted by molar-refractivity contribution is 7.93. The summed E-state index contributed by atoms with van der Waals surface area (Å²) in [6.07, 6.45) is 1.81. The lowest BCUT2D eigenvalue weighted by Crippen LogP contribution is -2.30. The molecule has 6 heteroatoms. The molecule has 0 saturated carbocycles. The molecule has 0 amide bonds. The summed E-state index contributed by atoms with van der Waals surface area (Å²) in [6.45, 7) is 7.87. The van der Waals surface area contributed by atoms with Crippen molar-refractivity contribution in [1.82, 2.24) is 4.90 Å². The van der Waals surface area contributed by atoms with Gasteiger partial charge in [0.25, 0.3) is 10.0 Å². The Balaban J connectivity index is 1.52. The van der Waals surface area contributed by atoms with E-state index in [1.807, 2.05) is 42.5 Å². The average molecular weight is 436 g/mol. The molecule has 0 bridgehead atoms. The van der Waals surface area contributed by atoms with Gasteiger partial charge in [-0.15, -0.1) is 0 Å². The lowest BCUT2D eigenvalue weighted by molar-refractivity contribution is 0.310. The molecule has 162 valence electrons. The minimum atomic E-state index is -3.53. The van der Waals surface area contributed by atoms with Gasteiger partial charge in [0.1, 0.15) is 0 Å². The fraction of sp³-hybridized carbons (Fsp3) is 0.360. The zero-order chi connectivity index (χ0) is 21.4. The zero-order valence-corrected chi connectivity index (χ0v) is 18.8. The smallest absolute Gasteiger partial charge is 0.265 e. The van der Waals surface area contributed by atoms with E-state index >= 15 is 0 Å². The van der Waals surface area contributed by atoms with Crippen LogP contribution < -0.4 is 9.21 Å². The Morgan fingerprint density at radius 3 is 2.45 bits per heavy atom. The van der Waals surface area contributed by atoms with Crippen molar-refractivity contribution in [2.24, 2.45) is 0 Å². The maximum atomic E-state index is 13.4. The van der Waals surface area contributed by atoms with Gasteiger partial charge >= 0.3 is 0 Å². The number of rotatable bonds is 5. The molecular formula is C25H29N3O2S. The molecule has 0 N–H and O–H groups in total. The van der Waals surface area contributed by atoms with Crippen LogP contribution in [0.3, 0.4) is 0 Å². The lowest BCUT2D eigenvalue weighted by atomic mass is 10.0. The Morgan fingerprint density at radius 2 is 1.65 bits per heavy atom. The average Bonchev–Trinajstić information content (AvgIpc) is 2.94. The maximum absolute atomic E-state index is 13.4. The summed E-state index contributed by atoms with van der Waals surface area (Å²) in [7, 11) is -3.53. The van der Waals surface area contributed by atoms with Crippen molar-refractivity contribution in [1.29, 1.82) is 0 Å². The maximum Gasteiger partial charge on any atom is 0.265 e. The van der Waals surface area contributed by atoms with Crippen LogP contribution in [0.25, 0.3) is 10.8 Å². The first kappa shape index (κ1) is 20.3. The van der Waals surface area contributed by atoms with Crippen LogP contribution in [0.15, 0.2) is 65.6 Å². The van der Waals surface area contributed by atoms with Crippen LogP contribution >= 0.6 is 0 Å². The van der Waals surface area contributed by atoms with Gasteiger partial charge in [0, 0.05) is 42.6 Å². The number of benzene rings is 3. The molecule has 2 heterocycles. The number of likely N-dealkylation sites (N-methyl/N-ethyl adjacent to an activating group) is 1. The van der Waals surface area contributed by atoms with Crippen molar-refractivity contribution < 1.29 is 8.42 Å². The van der Waals surface area contributed by atoms with E-state index in [4.69, 9.17) is 0 Å². The summed E-state index contributed by atoms with van der Waals surface area (Å²) in [5.74, 6) is 0. The molecular weight excluding hydrogens is 406 g/mol. The number of hydrogen-bond acceptors (Lipinski definition) is 4.